The van der Waals surface area contributed by atoms with Gasteiger partial charge in [0.1, 0.15) is 18.2 Å². The number of nitrogens with zero attached hydrogens (tertiary/aromatic N) is 4. The van der Waals surface area contributed by atoms with Gasteiger partial charge in [-0.2, -0.15) is 0 Å². The molecule has 0 unspecified atom stereocenters. The van der Waals surface area contributed by atoms with Crippen LogP contribution in [0.1, 0.15) is 18.4 Å². The molecule has 0 spiro atoms. The van der Waals surface area contributed by atoms with E-state index in [2.05, 4.69) is 4.98 Å². The van der Waals surface area contributed by atoms with E-state index in [9.17, 15) is 22.8 Å². The van der Waals surface area contributed by atoms with Crippen molar-refractivity contribution >= 4 is 16.9 Å². The maximum atomic E-state index is 15.0. The van der Waals surface area contributed by atoms with E-state index in [-0.39, 0.29) is 29.1 Å². The van der Waals surface area contributed by atoms with Gasteiger partial charge in [-0.05, 0) is 36.6 Å². The number of aromatic nitrogens is 3. The summed E-state index contributed by atoms with van der Waals surface area (Å²) in [4.78, 5) is 37.9. The zero-order valence-corrected chi connectivity index (χ0v) is 17.9. The van der Waals surface area contributed by atoms with E-state index < -0.39 is 28.7 Å². The highest BCUT2D eigenvalue weighted by atomic mass is 19.1. The normalized spacial score (nSPS) is 13.6. The lowest BCUT2D eigenvalue weighted by Crippen LogP contribution is -2.44. The van der Waals surface area contributed by atoms with E-state index in [4.69, 9.17) is 4.84 Å². The number of anilines is 1. The predicted molar refractivity (Wildman–Crippen MR) is 120 cm³/mol. The average molecular weight is 468 g/mol. The van der Waals surface area contributed by atoms with Gasteiger partial charge in [0.15, 0.2) is 17.3 Å². The second kappa shape index (κ2) is 8.69. The first-order valence-corrected chi connectivity index (χ1v) is 10.7. The molecule has 4 aromatic rings. The van der Waals surface area contributed by atoms with Crippen LogP contribution in [0.2, 0.25) is 0 Å². The van der Waals surface area contributed by atoms with Gasteiger partial charge in [0, 0.05) is 19.2 Å². The minimum absolute atomic E-state index is 0.0389. The summed E-state index contributed by atoms with van der Waals surface area (Å²) >= 11 is 0. The van der Waals surface area contributed by atoms with Crippen molar-refractivity contribution in [2.45, 2.75) is 19.4 Å². The van der Waals surface area contributed by atoms with E-state index in [0.717, 1.165) is 35.6 Å². The van der Waals surface area contributed by atoms with Gasteiger partial charge in [0.25, 0.3) is 5.56 Å². The van der Waals surface area contributed by atoms with Gasteiger partial charge in [0.2, 0.25) is 0 Å². The first-order chi connectivity index (χ1) is 16.4. The summed E-state index contributed by atoms with van der Waals surface area (Å²) in [6.45, 7) is 0.971. The summed E-state index contributed by atoms with van der Waals surface area (Å²) in [7, 11) is 0. The third-order valence-electron chi connectivity index (χ3n) is 5.69. The van der Waals surface area contributed by atoms with Gasteiger partial charge in [-0.3, -0.25) is 4.79 Å². The lowest BCUT2D eigenvalue weighted by atomic mass is 10.2. The van der Waals surface area contributed by atoms with Crippen molar-refractivity contribution in [1.29, 1.82) is 0 Å². The first-order valence-electron chi connectivity index (χ1n) is 10.7. The fourth-order valence-corrected chi connectivity index (χ4v) is 4.03. The Morgan fingerprint density at radius 2 is 1.65 bits per heavy atom. The first kappa shape index (κ1) is 21.7. The van der Waals surface area contributed by atoms with Gasteiger partial charge in [-0.1, -0.05) is 35.1 Å². The minimum atomic E-state index is -1.05. The van der Waals surface area contributed by atoms with Crippen molar-refractivity contribution in [1.82, 2.24) is 14.3 Å². The highest BCUT2D eigenvalue weighted by Crippen LogP contribution is 2.25. The molecule has 34 heavy (non-hydrogen) atoms. The number of hydrogen-bond acceptors (Lipinski definition) is 5. The van der Waals surface area contributed by atoms with E-state index in [1.807, 2.05) is 0 Å². The van der Waals surface area contributed by atoms with Crippen LogP contribution < -0.4 is 21.0 Å². The molecule has 1 fully saturated rings. The van der Waals surface area contributed by atoms with Crippen LogP contribution in [-0.2, 0) is 6.61 Å². The molecule has 7 nitrogen and oxygen atoms in total. The molecule has 0 amide bonds. The Morgan fingerprint density at radius 3 is 2.35 bits per heavy atom. The summed E-state index contributed by atoms with van der Waals surface area (Å²) in [5, 5.41) is -0.281. The lowest BCUT2D eigenvalue weighted by molar-refractivity contribution is 0.0788. The molecule has 0 bridgehead atoms. The van der Waals surface area contributed by atoms with Crippen LogP contribution in [0, 0.1) is 17.5 Å². The van der Waals surface area contributed by atoms with E-state index >= 15 is 0 Å². The van der Waals surface area contributed by atoms with Gasteiger partial charge in [0.05, 0.1) is 11.1 Å². The molecule has 2 aromatic carbocycles. The molecule has 5 rings (SSSR count). The van der Waals surface area contributed by atoms with Crippen LogP contribution in [0.3, 0.4) is 0 Å². The number of rotatable bonds is 5. The van der Waals surface area contributed by atoms with Crippen LogP contribution in [0.4, 0.5) is 19.0 Å². The molecule has 2 aromatic heterocycles. The number of fused-ring (bicyclic) bond motifs is 1. The maximum Gasteiger partial charge on any atom is 0.371 e. The zero-order chi connectivity index (χ0) is 23.8. The summed E-state index contributed by atoms with van der Waals surface area (Å²) in [6, 6.07) is 12.4. The van der Waals surface area contributed by atoms with Gasteiger partial charge < -0.3 is 9.74 Å². The number of pyridine rings is 1. The van der Waals surface area contributed by atoms with Crippen LogP contribution in [-0.4, -0.2) is 27.4 Å². The van der Waals surface area contributed by atoms with Crippen molar-refractivity contribution in [3.8, 4) is 5.69 Å². The topological polar surface area (TPSA) is 69.4 Å². The Balaban J connectivity index is 1.76. The highest BCUT2D eigenvalue weighted by molar-refractivity contribution is 5.78. The number of hydrogen-bond donors (Lipinski definition) is 0. The Bertz CT molecular complexity index is 1500. The molecule has 3 heterocycles. The Hall–Kier alpha value is -4.08. The molecule has 0 radical (unpaired) electrons. The monoisotopic (exact) mass is 468 g/mol. The molecule has 1 aliphatic heterocycles. The quantitative estimate of drug-likeness (QED) is 0.450. The second-order valence-electron chi connectivity index (χ2n) is 7.93. The fraction of sp³-hybridized carbons (Fsp3) is 0.208. The molecule has 0 atom stereocenters. The Labute approximate surface area is 191 Å². The van der Waals surface area contributed by atoms with Gasteiger partial charge in [-0.15, -0.1) is 0 Å². The molecule has 174 valence electrons. The molecule has 0 aliphatic carbocycles. The maximum absolute atomic E-state index is 15.0. The standard InChI is InChI=1S/C24H19F3N4O3/c25-16-8-9-20(18(26)12-16)30-21-17(13-19(27)22(28-21)29-10-4-5-11-29)23(32)31(24(30)33)34-14-15-6-2-1-3-7-15/h1-3,6-9,12-13H,4-5,10-11,14H2. The van der Waals surface area contributed by atoms with Crippen molar-refractivity contribution in [3.63, 3.8) is 0 Å². The van der Waals surface area contributed by atoms with Crippen molar-refractivity contribution < 1.29 is 18.0 Å². The molecule has 0 saturated carbocycles. The van der Waals surface area contributed by atoms with Gasteiger partial charge in [-0.25, -0.2) is 27.5 Å². The van der Waals surface area contributed by atoms with Crippen molar-refractivity contribution in [2.24, 2.45) is 0 Å². The van der Waals surface area contributed by atoms with Crippen LogP contribution >= 0.6 is 0 Å². The number of benzene rings is 2. The third kappa shape index (κ3) is 3.81. The molecule has 0 N–H and O–H groups in total. The lowest BCUT2D eigenvalue weighted by Gasteiger charge is -2.19. The summed E-state index contributed by atoms with van der Waals surface area (Å²) in [5.74, 6) is -2.68. The molecular weight excluding hydrogens is 449 g/mol. The fourth-order valence-electron chi connectivity index (χ4n) is 4.03. The van der Waals surface area contributed by atoms with Gasteiger partial charge >= 0.3 is 5.69 Å². The Kier molecular flexibility index (Phi) is 5.56. The summed E-state index contributed by atoms with van der Waals surface area (Å²) < 4.78 is 44.6. The second-order valence-corrected chi connectivity index (χ2v) is 7.93. The van der Waals surface area contributed by atoms with E-state index in [1.165, 1.54) is 0 Å². The minimum Gasteiger partial charge on any atom is -0.401 e. The van der Waals surface area contributed by atoms with Crippen LogP contribution in [0.25, 0.3) is 16.7 Å². The SMILES string of the molecule is O=c1c2cc(F)c(N3CCCC3)nc2n(-c2ccc(F)cc2F)c(=O)n1OCc1ccccc1. The Morgan fingerprint density at radius 1 is 0.912 bits per heavy atom. The molecule has 1 saturated heterocycles. The number of halogens is 3. The highest BCUT2D eigenvalue weighted by Gasteiger charge is 2.24. The predicted octanol–water partition coefficient (Wildman–Crippen LogP) is 3.19. The molecular formula is C24H19F3N4O3. The van der Waals surface area contributed by atoms with E-state index in [1.54, 1.807) is 35.2 Å². The van der Waals surface area contributed by atoms with Crippen LogP contribution in [0.15, 0.2) is 64.2 Å². The summed E-state index contributed by atoms with van der Waals surface area (Å²) in [6.07, 6.45) is 1.68. The van der Waals surface area contributed by atoms with Crippen molar-refractivity contribution in [2.75, 3.05) is 18.0 Å². The summed E-state index contributed by atoms with van der Waals surface area (Å²) in [5.41, 5.74) is -1.91. The molecule has 1 aliphatic rings. The smallest absolute Gasteiger partial charge is 0.371 e. The largest absolute Gasteiger partial charge is 0.401 e. The van der Waals surface area contributed by atoms with Crippen molar-refractivity contribution in [3.05, 3.63) is 98.5 Å². The van der Waals surface area contributed by atoms with Crippen LogP contribution in [0.5, 0.6) is 0 Å². The zero-order valence-electron chi connectivity index (χ0n) is 17.9. The third-order valence-corrected chi connectivity index (χ3v) is 5.69. The molecule has 10 heteroatoms. The van der Waals surface area contributed by atoms with E-state index in [0.29, 0.717) is 29.4 Å². The average Bonchev–Trinajstić information content (AvgIpc) is 3.36.